The van der Waals surface area contributed by atoms with Gasteiger partial charge in [-0.1, -0.05) is 24.8 Å². The molecule has 0 bridgehead atoms. The fraction of sp³-hybridized carbons (Fsp3) is 0.138. The van der Waals surface area contributed by atoms with Crippen molar-refractivity contribution in [3.63, 3.8) is 0 Å². The molecule has 0 aliphatic heterocycles. The molecule has 1 amide bonds. The van der Waals surface area contributed by atoms with Crippen LogP contribution in [0.3, 0.4) is 0 Å². The summed E-state index contributed by atoms with van der Waals surface area (Å²) in [6, 6.07) is 16.0. The molecule has 6 rings (SSSR count). The minimum Gasteiger partial charge on any atom is -0.306 e. The maximum absolute atomic E-state index is 15.1. The quantitative estimate of drug-likeness (QED) is 0.357. The van der Waals surface area contributed by atoms with E-state index >= 15 is 4.39 Å². The molecule has 0 unspecified atom stereocenters. The van der Waals surface area contributed by atoms with Gasteiger partial charge in [0, 0.05) is 41.5 Å². The van der Waals surface area contributed by atoms with Gasteiger partial charge in [0.05, 0.1) is 17.3 Å². The Hall–Kier alpha value is -5.12. The first-order valence-electron chi connectivity index (χ1n) is 12.3. The highest BCUT2D eigenvalue weighted by Gasteiger charge is 2.48. The molecule has 0 spiro atoms. The number of amides is 1. The van der Waals surface area contributed by atoms with Crippen LogP contribution in [0.4, 0.5) is 10.2 Å². The van der Waals surface area contributed by atoms with Crippen molar-refractivity contribution in [2.75, 3.05) is 12.4 Å². The molecule has 39 heavy (non-hydrogen) atoms. The maximum Gasteiger partial charge on any atom is 0.259 e. The van der Waals surface area contributed by atoms with Crippen molar-refractivity contribution >= 4 is 28.3 Å². The number of carbonyl (C=O) groups excluding carboxylic acids is 1. The molecule has 0 atom stereocenters. The van der Waals surface area contributed by atoms with Crippen molar-refractivity contribution in [2.45, 2.75) is 18.3 Å². The summed E-state index contributed by atoms with van der Waals surface area (Å²) in [5.74, 6) is -1.04. The molecule has 192 valence electrons. The molecule has 3 heterocycles. The van der Waals surface area contributed by atoms with Gasteiger partial charge in [-0.3, -0.25) is 14.8 Å². The number of fused-ring (bicyclic) bond motifs is 1. The van der Waals surface area contributed by atoms with Crippen LogP contribution in [-0.2, 0) is 5.41 Å². The molecular formula is C29H23FN8O. The molecule has 1 fully saturated rings. The molecule has 1 saturated carbocycles. The van der Waals surface area contributed by atoms with Crippen molar-refractivity contribution in [1.29, 1.82) is 0 Å². The second-order valence-corrected chi connectivity index (χ2v) is 9.26. The van der Waals surface area contributed by atoms with Gasteiger partial charge >= 0.3 is 0 Å². The first kappa shape index (κ1) is 24.2. The van der Waals surface area contributed by atoms with Crippen LogP contribution in [0.15, 0.2) is 91.1 Å². The molecule has 1 aliphatic rings. The third kappa shape index (κ3) is 4.46. The number of benzene rings is 2. The van der Waals surface area contributed by atoms with E-state index in [1.807, 2.05) is 18.2 Å². The number of anilines is 1. The number of aromatic nitrogens is 6. The summed E-state index contributed by atoms with van der Waals surface area (Å²) in [5, 5.41) is 8.37. The van der Waals surface area contributed by atoms with E-state index in [4.69, 9.17) is 5.10 Å². The van der Waals surface area contributed by atoms with Crippen molar-refractivity contribution in [3.05, 3.63) is 109 Å². The van der Waals surface area contributed by atoms with Crippen LogP contribution in [0.5, 0.6) is 0 Å². The van der Waals surface area contributed by atoms with Gasteiger partial charge in [-0.15, -0.1) is 0 Å². The lowest BCUT2D eigenvalue weighted by Gasteiger charge is -2.21. The predicted octanol–water partition coefficient (Wildman–Crippen LogP) is 4.41. The minimum absolute atomic E-state index is 0.120. The van der Waals surface area contributed by atoms with Crippen LogP contribution < -0.4 is 10.9 Å². The van der Waals surface area contributed by atoms with Crippen LogP contribution in [0.2, 0.25) is 0 Å². The lowest BCUT2D eigenvalue weighted by Crippen LogP contribution is -2.30. The number of rotatable bonds is 6. The van der Waals surface area contributed by atoms with E-state index in [1.165, 1.54) is 36.9 Å². The topological polar surface area (TPSA) is 111 Å². The van der Waals surface area contributed by atoms with Crippen LogP contribution in [0.1, 0.15) is 28.8 Å². The van der Waals surface area contributed by atoms with Gasteiger partial charge in [0.1, 0.15) is 23.7 Å². The first-order valence-corrected chi connectivity index (χ1v) is 12.3. The van der Waals surface area contributed by atoms with Gasteiger partial charge in [0.2, 0.25) is 5.62 Å². The van der Waals surface area contributed by atoms with E-state index in [0.29, 0.717) is 16.9 Å². The normalized spacial score (nSPS) is 14.3. The number of carbonyl (C=O) groups is 1. The summed E-state index contributed by atoms with van der Waals surface area (Å²) in [6.07, 6.45) is 7.91. The van der Waals surface area contributed by atoms with Gasteiger partial charge in [-0.25, -0.2) is 24.0 Å². The first-order chi connectivity index (χ1) is 19.0. The summed E-state index contributed by atoms with van der Waals surface area (Å²) in [6.45, 7) is 4.40. The zero-order valence-electron chi connectivity index (χ0n) is 21.0. The molecule has 9 nitrogen and oxygen atoms in total. The number of pyridine rings is 1. The van der Waals surface area contributed by atoms with E-state index in [9.17, 15) is 4.79 Å². The number of nitrogens with one attached hydrogen (secondary N) is 1. The Balaban J connectivity index is 1.32. The monoisotopic (exact) mass is 518 g/mol. The van der Waals surface area contributed by atoms with E-state index in [0.717, 1.165) is 35.0 Å². The largest absolute Gasteiger partial charge is 0.306 e. The lowest BCUT2D eigenvalue weighted by molar-refractivity contribution is 0.102. The number of allylic oxidation sites excluding steroid dienone is 1. The summed E-state index contributed by atoms with van der Waals surface area (Å²) in [4.78, 5) is 33.5. The molecule has 10 heteroatoms. The molecule has 3 aromatic heterocycles. The highest BCUT2D eigenvalue weighted by atomic mass is 19.1. The Morgan fingerprint density at radius 1 is 1.08 bits per heavy atom. The number of hydrogen-bond donors (Lipinski definition) is 1. The summed E-state index contributed by atoms with van der Waals surface area (Å²) >= 11 is 0. The molecule has 5 aromatic rings. The van der Waals surface area contributed by atoms with Crippen LogP contribution in [0, 0.1) is 5.82 Å². The van der Waals surface area contributed by atoms with Gasteiger partial charge in [-0.05, 0) is 54.8 Å². The van der Waals surface area contributed by atoms with Gasteiger partial charge in [-0.2, -0.15) is 5.10 Å². The molecule has 1 N–H and O–H groups in total. The van der Waals surface area contributed by atoms with Crippen molar-refractivity contribution < 1.29 is 9.18 Å². The second-order valence-electron chi connectivity index (χ2n) is 9.26. The number of halogens is 1. The highest BCUT2D eigenvalue weighted by molar-refractivity contribution is 6.04. The Labute approximate surface area is 222 Å². The predicted molar refractivity (Wildman–Crippen MR) is 145 cm³/mol. The maximum atomic E-state index is 15.1. The fourth-order valence-electron chi connectivity index (χ4n) is 4.67. The Morgan fingerprint density at radius 3 is 2.69 bits per heavy atom. The third-order valence-corrected chi connectivity index (χ3v) is 6.95. The van der Waals surface area contributed by atoms with Crippen molar-refractivity contribution in [1.82, 2.24) is 29.7 Å². The molecule has 0 radical (unpaired) electrons. The smallest absolute Gasteiger partial charge is 0.259 e. The fourth-order valence-corrected chi connectivity index (χ4v) is 4.67. The zero-order valence-corrected chi connectivity index (χ0v) is 21.0. The van der Waals surface area contributed by atoms with E-state index < -0.39 is 11.7 Å². The second kappa shape index (κ2) is 9.64. The molecule has 1 aliphatic carbocycles. The molecular weight excluding hydrogens is 495 g/mol. The summed E-state index contributed by atoms with van der Waals surface area (Å²) < 4.78 is 16.7. The van der Waals surface area contributed by atoms with E-state index in [2.05, 4.69) is 49.0 Å². The highest BCUT2D eigenvalue weighted by Crippen LogP contribution is 2.54. The Morgan fingerprint density at radius 2 is 1.95 bits per heavy atom. The minimum atomic E-state index is -0.695. The number of hydrogen-bond acceptors (Lipinski definition) is 7. The van der Waals surface area contributed by atoms with Gasteiger partial charge in [0.15, 0.2) is 0 Å². The average molecular weight is 519 g/mol. The van der Waals surface area contributed by atoms with Crippen molar-refractivity contribution in [2.24, 2.45) is 4.99 Å². The third-order valence-electron chi connectivity index (χ3n) is 6.95. The summed E-state index contributed by atoms with van der Waals surface area (Å²) in [7, 11) is 1.64. The SMILES string of the molecule is C=C(n1nc(-c2ccc(C(=O)Nc3ccncn3)c(F)c2)cn/c1=N/C)C1(c2ccc3ncccc3c2)CC1. The standard InChI is InChI=1S/C29H23FN8O/c1-18(29(10-11-29)21-6-8-24-19(14-21)4-3-12-33-24)38-28(31-2)34-16-25(37-38)20-5-7-22(23(30)15-20)27(39)36-26-9-13-32-17-35-26/h3-9,12-17H,1,10-11H2,2H3,(H,32,35,36,39)/b31-28-. The van der Waals surface area contributed by atoms with Crippen molar-refractivity contribution in [3.8, 4) is 11.3 Å². The van der Waals surface area contributed by atoms with Crippen LogP contribution >= 0.6 is 0 Å². The van der Waals surface area contributed by atoms with E-state index in [-0.39, 0.29) is 16.8 Å². The van der Waals surface area contributed by atoms with Gasteiger partial charge < -0.3 is 5.32 Å². The van der Waals surface area contributed by atoms with Gasteiger partial charge in [0.25, 0.3) is 5.91 Å². The lowest BCUT2D eigenvalue weighted by atomic mass is 9.91. The number of nitrogens with zero attached hydrogens (tertiary/aromatic N) is 7. The average Bonchev–Trinajstić information content (AvgIpc) is 3.79. The molecule has 0 saturated heterocycles. The molecule has 2 aromatic carbocycles. The zero-order chi connectivity index (χ0) is 27.0. The van der Waals surface area contributed by atoms with Crippen LogP contribution in [-0.4, -0.2) is 42.7 Å². The van der Waals surface area contributed by atoms with E-state index in [1.54, 1.807) is 24.0 Å². The Kier molecular flexibility index (Phi) is 5.99. The van der Waals surface area contributed by atoms with Crippen LogP contribution in [0.25, 0.3) is 27.9 Å². The summed E-state index contributed by atoms with van der Waals surface area (Å²) in [5.41, 5.74) is 3.63. The Bertz CT molecular complexity index is 1810.